The lowest BCUT2D eigenvalue weighted by atomic mass is 10.1. The van der Waals surface area contributed by atoms with Crippen molar-refractivity contribution >= 4 is 61.7 Å². The first-order valence-corrected chi connectivity index (χ1v) is 12.9. The summed E-state index contributed by atoms with van der Waals surface area (Å²) in [6, 6.07) is 19.7. The molecule has 0 radical (unpaired) electrons. The van der Waals surface area contributed by atoms with Crippen molar-refractivity contribution in [3.8, 4) is 5.75 Å². The van der Waals surface area contributed by atoms with Crippen molar-refractivity contribution in [1.82, 2.24) is 10.7 Å². The van der Waals surface area contributed by atoms with Gasteiger partial charge in [-0.15, -0.1) is 0 Å². The number of carbonyl (C=O) groups excluding carboxylic acids is 2. The number of halogens is 2. The molecule has 2 amide bonds. The van der Waals surface area contributed by atoms with Gasteiger partial charge in [-0.3, -0.25) is 9.59 Å². The predicted octanol–water partition coefficient (Wildman–Crippen LogP) is 5.68. The predicted molar refractivity (Wildman–Crippen MR) is 151 cm³/mol. The van der Waals surface area contributed by atoms with Crippen LogP contribution in [0.25, 0.3) is 6.08 Å². The van der Waals surface area contributed by atoms with Crippen molar-refractivity contribution in [3.63, 3.8) is 0 Å². The first kappa shape index (κ1) is 27.2. The molecule has 3 N–H and O–H groups in total. The SMILES string of the molecule is CCN(CC)c1ccc(/C=C(/NC(=O)c2ccccc2)C(=O)NN=Cc2cc(Br)cc(Br)c2O)cc1. The van der Waals surface area contributed by atoms with Gasteiger partial charge in [-0.2, -0.15) is 5.10 Å². The molecule has 36 heavy (non-hydrogen) atoms. The van der Waals surface area contributed by atoms with E-state index in [1.165, 1.54) is 6.21 Å². The molecule has 3 rings (SSSR count). The second kappa shape index (κ2) is 13.0. The second-order valence-corrected chi connectivity index (χ2v) is 9.44. The van der Waals surface area contributed by atoms with Crippen LogP contribution in [0.5, 0.6) is 5.75 Å². The van der Waals surface area contributed by atoms with Gasteiger partial charge in [0.25, 0.3) is 11.8 Å². The van der Waals surface area contributed by atoms with Crippen LogP contribution in [0.4, 0.5) is 5.69 Å². The monoisotopic (exact) mass is 612 g/mol. The summed E-state index contributed by atoms with van der Waals surface area (Å²) >= 11 is 6.61. The molecule has 0 fully saturated rings. The average molecular weight is 614 g/mol. The summed E-state index contributed by atoms with van der Waals surface area (Å²) in [5, 5.41) is 16.8. The number of anilines is 1. The smallest absolute Gasteiger partial charge is 0.287 e. The summed E-state index contributed by atoms with van der Waals surface area (Å²) in [5.41, 5.74) is 5.06. The van der Waals surface area contributed by atoms with Gasteiger partial charge in [-0.1, -0.05) is 46.3 Å². The number of benzene rings is 3. The largest absolute Gasteiger partial charge is 0.506 e. The van der Waals surface area contributed by atoms with Crippen molar-refractivity contribution in [2.45, 2.75) is 13.8 Å². The summed E-state index contributed by atoms with van der Waals surface area (Å²) in [6.07, 6.45) is 2.91. The molecule has 0 aromatic heterocycles. The number of hydrogen-bond acceptors (Lipinski definition) is 5. The van der Waals surface area contributed by atoms with Gasteiger partial charge in [0, 0.05) is 34.4 Å². The summed E-state index contributed by atoms with van der Waals surface area (Å²) in [5.74, 6) is -1.05. The third-order valence-corrected chi connectivity index (χ3v) is 6.35. The van der Waals surface area contributed by atoms with E-state index in [0.717, 1.165) is 28.8 Å². The molecule has 0 spiro atoms. The fourth-order valence-corrected chi connectivity index (χ4v) is 4.64. The third kappa shape index (κ3) is 7.29. The van der Waals surface area contributed by atoms with Crippen LogP contribution in [0.3, 0.4) is 0 Å². The Balaban J connectivity index is 1.85. The lowest BCUT2D eigenvalue weighted by molar-refractivity contribution is -0.117. The lowest BCUT2D eigenvalue weighted by Gasteiger charge is -2.21. The molecule has 7 nitrogen and oxygen atoms in total. The van der Waals surface area contributed by atoms with Gasteiger partial charge in [0.05, 0.1) is 10.7 Å². The number of aromatic hydroxyl groups is 1. The summed E-state index contributed by atoms with van der Waals surface area (Å²) in [7, 11) is 0. The number of rotatable bonds is 9. The molecule has 0 saturated carbocycles. The number of amides is 2. The van der Waals surface area contributed by atoms with E-state index in [4.69, 9.17) is 0 Å². The third-order valence-electron chi connectivity index (χ3n) is 5.29. The van der Waals surface area contributed by atoms with E-state index < -0.39 is 11.8 Å². The van der Waals surface area contributed by atoms with E-state index in [1.807, 2.05) is 30.3 Å². The van der Waals surface area contributed by atoms with Crippen LogP contribution < -0.4 is 15.6 Å². The molecule has 0 aliphatic rings. The van der Waals surface area contributed by atoms with Gasteiger partial charge < -0.3 is 15.3 Å². The Bertz CT molecular complexity index is 1270. The maximum absolute atomic E-state index is 13.0. The zero-order chi connectivity index (χ0) is 26.1. The highest BCUT2D eigenvalue weighted by Crippen LogP contribution is 2.30. The highest BCUT2D eigenvalue weighted by molar-refractivity contribution is 9.11. The normalized spacial score (nSPS) is 11.4. The van der Waals surface area contributed by atoms with Crippen LogP contribution in [0.2, 0.25) is 0 Å². The molecular formula is C27H26Br2N4O3. The van der Waals surface area contributed by atoms with Crippen LogP contribution in [-0.4, -0.2) is 36.2 Å². The summed E-state index contributed by atoms with van der Waals surface area (Å²) in [6.45, 7) is 5.95. The molecule has 0 aliphatic carbocycles. The van der Waals surface area contributed by atoms with E-state index >= 15 is 0 Å². The van der Waals surface area contributed by atoms with Crippen molar-refractivity contribution in [2.24, 2.45) is 5.10 Å². The van der Waals surface area contributed by atoms with Gasteiger partial charge in [0.2, 0.25) is 0 Å². The van der Waals surface area contributed by atoms with Crippen molar-refractivity contribution in [2.75, 3.05) is 18.0 Å². The highest BCUT2D eigenvalue weighted by Gasteiger charge is 2.15. The maximum atomic E-state index is 13.0. The number of hydrogen-bond donors (Lipinski definition) is 3. The number of nitrogens with one attached hydrogen (secondary N) is 2. The first-order valence-electron chi connectivity index (χ1n) is 11.3. The Morgan fingerprint density at radius 2 is 1.67 bits per heavy atom. The molecule has 9 heteroatoms. The van der Waals surface area contributed by atoms with E-state index in [9.17, 15) is 14.7 Å². The van der Waals surface area contributed by atoms with E-state index in [1.54, 1.807) is 42.5 Å². The molecule has 0 unspecified atom stereocenters. The van der Waals surface area contributed by atoms with Crippen LogP contribution in [-0.2, 0) is 4.79 Å². The minimum absolute atomic E-state index is 0.0161. The van der Waals surface area contributed by atoms with Crippen molar-refractivity contribution < 1.29 is 14.7 Å². The van der Waals surface area contributed by atoms with Gasteiger partial charge in [0.1, 0.15) is 11.4 Å². The molecular weight excluding hydrogens is 588 g/mol. The molecule has 3 aromatic rings. The van der Waals surface area contributed by atoms with E-state index in [-0.39, 0.29) is 11.4 Å². The Morgan fingerprint density at radius 1 is 1.00 bits per heavy atom. The molecule has 0 saturated heterocycles. The molecule has 3 aromatic carbocycles. The second-order valence-electron chi connectivity index (χ2n) is 7.67. The first-order chi connectivity index (χ1) is 17.3. The Morgan fingerprint density at radius 3 is 2.31 bits per heavy atom. The highest BCUT2D eigenvalue weighted by atomic mass is 79.9. The van der Waals surface area contributed by atoms with Crippen LogP contribution in [0.15, 0.2) is 86.5 Å². The van der Waals surface area contributed by atoms with Crippen LogP contribution in [0.1, 0.15) is 35.3 Å². The molecule has 186 valence electrons. The van der Waals surface area contributed by atoms with E-state index in [2.05, 4.69) is 66.5 Å². The van der Waals surface area contributed by atoms with Gasteiger partial charge in [-0.25, -0.2) is 5.43 Å². The van der Waals surface area contributed by atoms with E-state index in [0.29, 0.717) is 15.6 Å². The number of nitrogens with zero attached hydrogens (tertiary/aromatic N) is 2. The fraction of sp³-hybridized carbons (Fsp3) is 0.148. The Hall–Kier alpha value is -3.43. The Labute approximate surface area is 227 Å². The van der Waals surface area contributed by atoms with Crippen LogP contribution in [0, 0.1) is 0 Å². The van der Waals surface area contributed by atoms with Gasteiger partial charge in [-0.05, 0) is 77.8 Å². The van der Waals surface area contributed by atoms with Crippen molar-refractivity contribution in [3.05, 3.63) is 98.1 Å². The number of hydrazone groups is 1. The zero-order valence-corrected chi connectivity index (χ0v) is 23.0. The number of phenols is 1. The lowest BCUT2D eigenvalue weighted by Crippen LogP contribution is -2.32. The fourth-order valence-electron chi connectivity index (χ4n) is 3.38. The van der Waals surface area contributed by atoms with Gasteiger partial charge in [0.15, 0.2) is 0 Å². The minimum Gasteiger partial charge on any atom is -0.506 e. The molecule has 0 atom stereocenters. The molecule has 0 heterocycles. The minimum atomic E-state index is -0.614. The summed E-state index contributed by atoms with van der Waals surface area (Å²) in [4.78, 5) is 28.0. The average Bonchev–Trinajstić information content (AvgIpc) is 2.88. The van der Waals surface area contributed by atoms with Crippen LogP contribution >= 0.6 is 31.9 Å². The van der Waals surface area contributed by atoms with Gasteiger partial charge >= 0.3 is 0 Å². The Kier molecular flexibility index (Phi) is 9.84. The molecule has 0 bridgehead atoms. The summed E-state index contributed by atoms with van der Waals surface area (Å²) < 4.78 is 1.21. The standard InChI is InChI=1S/C27H26Br2N4O3/c1-3-33(4-2)22-12-10-18(11-13-22)14-24(31-26(35)19-8-6-5-7-9-19)27(36)32-30-17-20-15-21(28)16-23(29)25(20)34/h5-17,34H,3-4H2,1-2H3,(H,31,35)(H,32,36)/b24-14+,30-17?. The maximum Gasteiger partial charge on any atom is 0.287 e. The number of phenolic OH excluding ortho intramolecular Hbond substituents is 1. The topological polar surface area (TPSA) is 94.0 Å². The van der Waals surface area contributed by atoms with Crippen molar-refractivity contribution in [1.29, 1.82) is 0 Å². The zero-order valence-electron chi connectivity index (χ0n) is 19.8. The quantitative estimate of drug-likeness (QED) is 0.164. The molecule has 0 aliphatic heterocycles. The number of carbonyl (C=O) groups is 2.